The van der Waals surface area contributed by atoms with Crippen molar-refractivity contribution in [1.82, 2.24) is 4.90 Å². The van der Waals surface area contributed by atoms with Crippen LogP contribution in [0.2, 0.25) is 18.1 Å². The van der Waals surface area contributed by atoms with Gasteiger partial charge in [-0.2, -0.15) is 0 Å². The molecular weight excluding hydrogens is 422 g/mol. The van der Waals surface area contributed by atoms with E-state index < -0.39 is 14.5 Å². The van der Waals surface area contributed by atoms with E-state index in [2.05, 4.69) is 40.4 Å². The summed E-state index contributed by atoms with van der Waals surface area (Å²) >= 11 is 1.40. The first-order valence-corrected chi connectivity index (χ1v) is 14.2. The van der Waals surface area contributed by atoms with E-state index in [4.69, 9.17) is 13.9 Å². The van der Waals surface area contributed by atoms with Gasteiger partial charge in [-0.3, -0.25) is 9.69 Å². The lowest BCUT2D eigenvalue weighted by Crippen LogP contribution is -2.64. The number of hydrogen-bond acceptors (Lipinski definition) is 7. The molecule has 2 heterocycles. The summed E-state index contributed by atoms with van der Waals surface area (Å²) in [4.78, 5) is 27.5. The van der Waals surface area contributed by atoms with E-state index in [0.717, 1.165) is 4.91 Å². The molecule has 0 spiro atoms. The third-order valence-electron chi connectivity index (χ3n) is 6.18. The van der Waals surface area contributed by atoms with Crippen molar-refractivity contribution in [2.75, 3.05) is 19.0 Å². The Balaban J connectivity index is 2.22. The van der Waals surface area contributed by atoms with Crippen LogP contribution in [0, 0.1) is 11.8 Å². The van der Waals surface area contributed by atoms with Crippen molar-refractivity contribution in [2.45, 2.75) is 64.9 Å². The van der Waals surface area contributed by atoms with E-state index in [1.807, 2.05) is 13.8 Å². The Bertz CT molecular complexity index is 717. The van der Waals surface area contributed by atoms with Gasteiger partial charge in [0.1, 0.15) is 6.61 Å². The summed E-state index contributed by atoms with van der Waals surface area (Å²) in [7, 11) is -2.04. The fourth-order valence-corrected chi connectivity index (χ4v) is 6.05. The lowest BCUT2D eigenvalue weighted by atomic mass is 9.79. The largest absolute Gasteiger partial charge is 0.515 e. The maximum absolute atomic E-state index is 13.1. The Morgan fingerprint density at radius 3 is 2.57 bits per heavy atom. The van der Waals surface area contributed by atoms with E-state index in [1.54, 1.807) is 4.90 Å². The lowest BCUT2D eigenvalue weighted by molar-refractivity contribution is -0.162. The first-order chi connectivity index (χ1) is 13.9. The zero-order valence-electron chi connectivity index (χ0n) is 19.1. The average Bonchev–Trinajstić information content (AvgIpc) is 2.84. The highest BCUT2D eigenvalue weighted by Crippen LogP contribution is 2.52. The quantitative estimate of drug-likeness (QED) is 0.241. The summed E-state index contributed by atoms with van der Waals surface area (Å²) < 4.78 is 16.9. The van der Waals surface area contributed by atoms with Gasteiger partial charge in [0.2, 0.25) is 11.8 Å². The third kappa shape index (κ3) is 4.79. The standard InChI is InChI=1S/C21H35NO6SSi/c1-9-11-26-20(25)27-19-17(29-12-10-23)13(2)16-15(18(24)22(16)19)14(3)28-30(7,8)21(4,5)6/h9,13-16,23H,1,10-12H2,2-8H3/t13-,14+,15-,16-/m0/s1. The van der Waals surface area contributed by atoms with Crippen molar-refractivity contribution in [3.05, 3.63) is 23.4 Å². The number of carbonyl (C=O) groups excluding carboxylic acids is 2. The van der Waals surface area contributed by atoms with Gasteiger partial charge in [0, 0.05) is 11.7 Å². The van der Waals surface area contributed by atoms with Crippen LogP contribution in [-0.2, 0) is 18.7 Å². The van der Waals surface area contributed by atoms with Crippen LogP contribution < -0.4 is 0 Å². The van der Waals surface area contributed by atoms with Crippen molar-refractivity contribution in [2.24, 2.45) is 11.8 Å². The van der Waals surface area contributed by atoms with Gasteiger partial charge in [-0.1, -0.05) is 40.3 Å². The van der Waals surface area contributed by atoms with Gasteiger partial charge in [-0.05, 0) is 25.1 Å². The minimum Gasteiger partial charge on any atom is -0.430 e. The topological polar surface area (TPSA) is 85.3 Å². The Morgan fingerprint density at radius 1 is 1.40 bits per heavy atom. The molecule has 1 saturated heterocycles. The van der Waals surface area contributed by atoms with Crippen molar-refractivity contribution in [1.29, 1.82) is 0 Å². The van der Waals surface area contributed by atoms with Gasteiger partial charge < -0.3 is 19.0 Å². The summed E-state index contributed by atoms with van der Waals surface area (Å²) in [6.45, 7) is 18.4. The highest BCUT2D eigenvalue weighted by Gasteiger charge is 2.61. The fraction of sp³-hybridized carbons (Fsp3) is 0.714. The van der Waals surface area contributed by atoms with Gasteiger partial charge in [0.25, 0.3) is 0 Å². The zero-order valence-corrected chi connectivity index (χ0v) is 20.9. The molecule has 30 heavy (non-hydrogen) atoms. The highest BCUT2D eigenvalue weighted by atomic mass is 32.2. The normalized spacial score (nSPS) is 25.0. The van der Waals surface area contributed by atoms with Crippen LogP contribution >= 0.6 is 11.8 Å². The smallest absolute Gasteiger partial charge is 0.430 e. The molecule has 2 aliphatic rings. The number of nitrogens with zero attached hydrogens (tertiary/aromatic N) is 1. The number of amides is 1. The monoisotopic (exact) mass is 457 g/mol. The molecule has 0 unspecified atom stereocenters. The number of aliphatic hydroxyl groups excluding tert-OH is 1. The molecule has 2 aliphatic heterocycles. The van der Waals surface area contributed by atoms with Gasteiger partial charge in [-0.25, -0.2) is 4.79 Å². The molecule has 0 radical (unpaired) electrons. The summed E-state index contributed by atoms with van der Waals surface area (Å²) in [6, 6.07) is -0.138. The molecule has 7 nitrogen and oxygen atoms in total. The lowest BCUT2D eigenvalue weighted by Gasteiger charge is -2.49. The number of ether oxygens (including phenoxy) is 2. The molecular formula is C21H35NO6SSi. The number of carbonyl (C=O) groups is 2. The third-order valence-corrected chi connectivity index (χ3v) is 12.0. The predicted molar refractivity (Wildman–Crippen MR) is 120 cm³/mol. The molecule has 1 amide bonds. The molecule has 9 heteroatoms. The second-order valence-corrected chi connectivity index (χ2v) is 15.2. The molecule has 4 atom stereocenters. The van der Waals surface area contributed by atoms with Crippen LogP contribution in [0.1, 0.15) is 34.6 Å². The Hall–Kier alpha value is -1.29. The van der Waals surface area contributed by atoms with Crippen molar-refractivity contribution < 1.29 is 28.6 Å². The number of fused-ring (bicyclic) bond motifs is 1. The average molecular weight is 458 g/mol. The summed E-state index contributed by atoms with van der Waals surface area (Å²) in [6.07, 6.45) is 0.335. The molecule has 1 N–H and O–H groups in total. The second-order valence-electron chi connectivity index (χ2n) is 9.29. The van der Waals surface area contributed by atoms with Crippen LogP contribution in [-0.4, -0.2) is 61.5 Å². The molecule has 0 saturated carbocycles. The number of rotatable bonds is 9. The highest BCUT2D eigenvalue weighted by molar-refractivity contribution is 8.03. The molecule has 2 rings (SSSR count). The maximum Gasteiger partial charge on any atom is 0.515 e. The molecule has 0 aromatic carbocycles. The first-order valence-electron chi connectivity index (χ1n) is 10.3. The first kappa shape index (κ1) is 25.0. The van der Waals surface area contributed by atoms with Crippen LogP contribution in [0.5, 0.6) is 0 Å². The minimum atomic E-state index is -2.04. The van der Waals surface area contributed by atoms with E-state index in [1.165, 1.54) is 17.8 Å². The maximum atomic E-state index is 13.1. The summed E-state index contributed by atoms with van der Waals surface area (Å²) in [5, 5.41) is 9.30. The second kappa shape index (κ2) is 9.46. The van der Waals surface area contributed by atoms with Gasteiger partial charge in [-0.15, -0.1) is 11.8 Å². The number of hydrogen-bond donors (Lipinski definition) is 1. The minimum absolute atomic E-state index is 0.0119. The Morgan fingerprint density at radius 2 is 2.03 bits per heavy atom. The number of aliphatic hydroxyl groups is 1. The van der Waals surface area contributed by atoms with Crippen LogP contribution in [0.3, 0.4) is 0 Å². The molecule has 0 aromatic heterocycles. The van der Waals surface area contributed by atoms with Gasteiger partial charge in [0.15, 0.2) is 8.32 Å². The molecule has 1 fully saturated rings. The van der Waals surface area contributed by atoms with E-state index in [0.29, 0.717) is 5.75 Å². The molecule has 0 aliphatic carbocycles. The molecule has 0 aromatic rings. The van der Waals surface area contributed by atoms with Crippen molar-refractivity contribution in [3.8, 4) is 0 Å². The van der Waals surface area contributed by atoms with Crippen molar-refractivity contribution >= 4 is 32.1 Å². The molecule has 170 valence electrons. The number of thioether (sulfide) groups is 1. The SMILES string of the molecule is C=CCOC(=O)OC1=C(SCCO)[C@@H](C)[C@H]2[C@H]([C@@H](C)O[Si](C)(C)C(C)(C)C)C(=O)N12. The van der Waals surface area contributed by atoms with Crippen LogP contribution in [0.4, 0.5) is 4.79 Å². The Kier molecular flexibility index (Phi) is 7.87. The Labute approximate surface area is 184 Å². The zero-order chi connectivity index (χ0) is 22.9. The summed E-state index contributed by atoms with van der Waals surface area (Å²) in [5.41, 5.74) is 0. The van der Waals surface area contributed by atoms with Crippen molar-refractivity contribution in [3.63, 3.8) is 0 Å². The van der Waals surface area contributed by atoms with E-state index >= 15 is 0 Å². The fourth-order valence-electron chi connectivity index (χ4n) is 3.65. The van der Waals surface area contributed by atoms with Gasteiger partial charge in [0.05, 0.1) is 29.6 Å². The summed E-state index contributed by atoms with van der Waals surface area (Å²) in [5.74, 6) is 0.231. The number of β-lactam (4-membered cyclic amide) rings is 1. The van der Waals surface area contributed by atoms with Crippen LogP contribution in [0.25, 0.3) is 0 Å². The van der Waals surface area contributed by atoms with E-state index in [9.17, 15) is 14.7 Å². The van der Waals surface area contributed by atoms with Crippen LogP contribution in [0.15, 0.2) is 23.4 Å². The van der Waals surface area contributed by atoms with Gasteiger partial charge >= 0.3 is 6.16 Å². The predicted octanol–water partition coefficient (Wildman–Crippen LogP) is 4.11. The van der Waals surface area contributed by atoms with E-state index in [-0.39, 0.29) is 54.0 Å². The molecule has 0 bridgehead atoms.